The fourth-order valence-corrected chi connectivity index (χ4v) is 6.83. The van der Waals surface area contributed by atoms with E-state index in [2.05, 4.69) is 25.6 Å². The Morgan fingerprint density at radius 3 is 2.29 bits per heavy atom. The molecule has 0 amide bonds. The lowest BCUT2D eigenvalue weighted by Gasteiger charge is -2.37. The zero-order valence-corrected chi connectivity index (χ0v) is 16.1. The van der Waals surface area contributed by atoms with Crippen molar-refractivity contribution in [1.82, 2.24) is 0 Å². The van der Waals surface area contributed by atoms with Crippen LogP contribution in [0.4, 0.5) is 0 Å². The lowest BCUT2D eigenvalue weighted by molar-refractivity contribution is 0.194. The van der Waals surface area contributed by atoms with Gasteiger partial charge in [0.2, 0.25) is 0 Å². The van der Waals surface area contributed by atoms with Crippen molar-refractivity contribution in [2.45, 2.75) is 51.6 Å². The van der Waals surface area contributed by atoms with E-state index in [-0.39, 0.29) is 11.6 Å². The van der Waals surface area contributed by atoms with E-state index in [9.17, 15) is 4.57 Å². The molecule has 0 aromatic heterocycles. The third-order valence-corrected chi connectivity index (χ3v) is 7.83. The quantitative estimate of drug-likeness (QED) is 0.403. The summed E-state index contributed by atoms with van der Waals surface area (Å²) in [4.78, 5) is 0. The third-order valence-electron chi connectivity index (χ3n) is 5.16. The maximum atomic E-state index is 13.7. The highest BCUT2D eigenvalue weighted by Crippen LogP contribution is 2.63. The fraction of sp³-hybridized carbons (Fsp3) is 0.600. The van der Waals surface area contributed by atoms with Crippen molar-refractivity contribution in [2.75, 3.05) is 13.2 Å². The average Bonchev–Trinajstić information content (AvgIpc) is 2.99. The van der Waals surface area contributed by atoms with Gasteiger partial charge in [-0.15, -0.1) is 6.58 Å². The Hall–Kier alpha value is -0.890. The van der Waals surface area contributed by atoms with Crippen LogP contribution in [0.2, 0.25) is 0 Å². The van der Waals surface area contributed by atoms with Gasteiger partial charge in [0.1, 0.15) is 0 Å². The molecule has 0 saturated heterocycles. The molecule has 0 heterocycles. The molecule has 134 valence electrons. The largest absolute Gasteiger partial charge is 0.334 e. The van der Waals surface area contributed by atoms with E-state index in [0.29, 0.717) is 25.0 Å². The van der Waals surface area contributed by atoms with Crippen LogP contribution in [0.1, 0.15) is 51.5 Å². The summed E-state index contributed by atoms with van der Waals surface area (Å²) in [6.45, 7) is 10.9. The Morgan fingerprint density at radius 2 is 1.83 bits per heavy atom. The van der Waals surface area contributed by atoms with E-state index in [4.69, 9.17) is 9.05 Å². The van der Waals surface area contributed by atoms with Crippen LogP contribution >= 0.6 is 7.60 Å². The highest BCUT2D eigenvalue weighted by Gasteiger charge is 2.48. The van der Waals surface area contributed by atoms with Gasteiger partial charge in [0.25, 0.3) is 0 Å². The molecule has 0 spiro atoms. The predicted molar refractivity (Wildman–Crippen MR) is 101 cm³/mol. The molecule has 1 aliphatic carbocycles. The van der Waals surface area contributed by atoms with Crippen molar-refractivity contribution >= 4 is 7.60 Å². The third kappa shape index (κ3) is 4.20. The van der Waals surface area contributed by atoms with Gasteiger partial charge in [-0.2, -0.15) is 0 Å². The molecule has 4 unspecified atom stereocenters. The van der Waals surface area contributed by atoms with E-state index in [1.165, 1.54) is 12.8 Å². The Labute approximate surface area is 147 Å². The zero-order valence-electron chi connectivity index (χ0n) is 15.2. The normalized spacial score (nSPS) is 23.8. The highest BCUT2D eigenvalue weighted by molar-refractivity contribution is 7.54. The summed E-state index contributed by atoms with van der Waals surface area (Å²) in [7, 11) is -3.23. The van der Waals surface area contributed by atoms with Crippen molar-refractivity contribution in [3.8, 4) is 0 Å². The van der Waals surface area contributed by atoms with Gasteiger partial charge < -0.3 is 9.05 Å². The van der Waals surface area contributed by atoms with Crippen molar-refractivity contribution in [3.63, 3.8) is 0 Å². The predicted octanol–water partition coefficient (Wildman–Crippen LogP) is 6.03. The first-order chi connectivity index (χ1) is 11.6. The molecular weight excluding hydrogens is 319 g/mol. The summed E-state index contributed by atoms with van der Waals surface area (Å²) < 4.78 is 25.3. The molecule has 0 N–H and O–H groups in total. The topological polar surface area (TPSA) is 35.5 Å². The average molecular weight is 350 g/mol. The molecule has 1 fully saturated rings. The minimum absolute atomic E-state index is 0.0271. The van der Waals surface area contributed by atoms with Gasteiger partial charge in [-0.05, 0) is 37.7 Å². The summed E-state index contributed by atoms with van der Waals surface area (Å²) in [5, 5.41) is 0. The minimum Gasteiger partial charge on any atom is -0.309 e. The second-order valence-corrected chi connectivity index (χ2v) is 8.80. The first-order valence-electron chi connectivity index (χ1n) is 9.13. The summed E-state index contributed by atoms with van der Waals surface area (Å²) >= 11 is 0. The van der Waals surface area contributed by atoms with E-state index in [1.54, 1.807) is 0 Å². The number of hydrogen-bond donors (Lipinski definition) is 0. The molecule has 3 nitrogen and oxygen atoms in total. The van der Waals surface area contributed by atoms with Crippen LogP contribution in [0.3, 0.4) is 0 Å². The van der Waals surface area contributed by atoms with Crippen molar-refractivity contribution in [2.24, 2.45) is 11.8 Å². The van der Waals surface area contributed by atoms with E-state index in [1.807, 2.05) is 38.1 Å². The van der Waals surface area contributed by atoms with E-state index in [0.717, 1.165) is 12.0 Å². The monoisotopic (exact) mass is 350 g/mol. The molecule has 1 aromatic rings. The first kappa shape index (κ1) is 19.4. The summed E-state index contributed by atoms with van der Waals surface area (Å²) in [6, 6.07) is 10.2. The standard InChI is InChI=1S/C20H31O3P/c1-5-18(17-13-9-8-10-14-17)20(19-15-11-12-16(19)4)24(21,22-6-2)23-7-3/h5,8-10,13-14,16,18-20H,1,6-7,11-12,15H2,2-4H3. The van der Waals surface area contributed by atoms with Gasteiger partial charge in [0.15, 0.2) is 0 Å². The fourth-order valence-electron chi connectivity index (χ4n) is 4.10. The lowest BCUT2D eigenvalue weighted by atomic mass is 9.83. The van der Waals surface area contributed by atoms with Gasteiger partial charge in [0.05, 0.1) is 18.9 Å². The van der Waals surface area contributed by atoms with Crippen LogP contribution in [-0.4, -0.2) is 18.9 Å². The van der Waals surface area contributed by atoms with Crippen molar-refractivity contribution in [3.05, 3.63) is 48.6 Å². The Kier molecular flexibility index (Phi) is 7.28. The van der Waals surface area contributed by atoms with Crippen LogP contribution in [0.25, 0.3) is 0 Å². The molecule has 24 heavy (non-hydrogen) atoms. The number of rotatable bonds is 9. The second kappa shape index (κ2) is 8.99. The molecule has 1 aromatic carbocycles. The van der Waals surface area contributed by atoms with Gasteiger partial charge in [-0.3, -0.25) is 4.57 Å². The van der Waals surface area contributed by atoms with Crippen LogP contribution in [-0.2, 0) is 13.6 Å². The van der Waals surface area contributed by atoms with Crippen LogP contribution in [0, 0.1) is 11.8 Å². The van der Waals surface area contributed by atoms with Gasteiger partial charge in [-0.25, -0.2) is 0 Å². The van der Waals surface area contributed by atoms with Crippen LogP contribution in [0.5, 0.6) is 0 Å². The van der Waals surface area contributed by atoms with Crippen molar-refractivity contribution < 1.29 is 13.6 Å². The number of benzene rings is 1. The number of allylic oxidation sites excluding steroid dienone is 1. The lowest BCUT2D eigenvalue weighted by Crippen LogP contribution is -2.30. The zero-order chi connectivity index (χ0) is 17.6. The van der Waals surface area contributed by atoms with Crippen molar-refractivity contribution in [1.29, 1.82) is 0 Å². The molecule has 2 rings (SSSR count). The molecule has 0 radical (unpaired) electrons. The van der Waals surface area contributed by atoms with Gasteiger partial charge in [0, 0.05) is 5.92 Å². The molecular formula is C20H31O3P. The molecule has 4 atom stereocenters. The van der Waals surface area contributed by atoms with Crippen LogP contribution in [0.15, 0.2) is 43.0 Å². The van der Waals surface area contributed by atoms with Gasteiger partial charge >= 0.3 is 7.60 Å². The Morgan fingerprint density at radius 1 is 1.21 bits per heavy atom. The summed E-state index contributed by atoms with van der Waals surface area (Å²) in [6.07, 6.45) is 5.36. The molecule has 4 heteroatoms. The maximum Gasteiger partial charge on any atom is 0.334 e. The molecule has 1 saturated carbocycles. The Bertz CT molecular complexity index is 547. The molecule has 1 aliphatic rings. The summed E-state index contributed by atoms with van der Waals surface area (Å²) in [5.74, 6) is 0.827. The van der Waals surface area contributed by atoms with Gasteiger partial charge in [-0.1, -0.05) is 56.2 Å². The number of hydrogen-bond acceptors (Lipinski definition) is 3. The summed E-state index contributed by atoms with van der Waals surface area (Å²) in [5.41, 5.74) is 0.964. The highest BCUT2D eigenvalue weighted by atomic mass is 31.2. The maximum absolute atomic E-state index is 13.7. The second-order valence-electron chi connectivity index (χ2n) is 6.61. The minimum atomic E-state index is -3.23. The Balaban J connectivity index is 2.48. The van der Waals surface area contributed by atoms with E-state index < -0.39 is 7.60 Å². The van der Waals surface area contributed by atoms with E-state index >= 15 is 0 Å². The first-order valence-corrected chi connectivity index (χ1v) is 10.7. The SMILES string of the molecule is C=CC(c1ccccc1)C(C1CCCC1C)P(=O)(OCC)OCC. The smallest absolute Gasteiger partial charge is 0.309 e. The van der Waals surface area contributed by atoms with Crippen LogP contribution < -0.4 is 0 Å². The molecule has 0 aliphatic heterocycles. The molecule has 0 bridgehead atoms.